The van der Waals surface area contributed by atoms with Gasteiger partial charge in [0.25, 0.3) is 0 Å². The summed E-state index contributed by atoms with van der Waals surface area (Å²) in [5.74, 6) is 1.66. The Bertz CT molecular complexity index is 725. The van der Waals surface area contributed by atoms with Crippen molar-refractivity contribution in [2.24, 2.45) is 0 Å². The third kappa shape index (κ3) is 2.74. The number of anilines is 1. The van der Waals surface area contributed by atoms with Crippen molar-refractivity contribution in [3.05, 3.63) is 46.8 Å². The number of rotatable bonds is 3. The van der Waals surface area contributed by atoms with Gasteiger partial charge in [0.1, 0.15) is 10.9 Å². The van der Waals surface area contributed by atoms with E-state index >= 15 is 0 Å². The maximum absolute atomic E-state index is 5.75. The van der Waals surface area contributed by atoms with Gasteiger partial charge in [0, 0.05) is 16.4 Å². The molecule has 0 spiro atoms. The highest BCUT2D eigenvalue weighted by Gasteiger charge is 2.06. The van der Waals surface area contributed by atoms with Gasteiger partial charge in [-0.25, -0.2) is 9.97 Å². The largest absolute Gasteiger partial charge is 0.399 e. The first-order valence-corrected chi connectivity index (χ1v) is 7.48. The number of pyridine rings is 1. The van der Waals surface area contributed by atoms with Gasteiger partial charge in [0.15, 0.2) is 0 Å². The monoisotopic (exact) mass is 334 g/mol. The lowest BCUT2D eigenvalue weighted by atomic mass is 10.3. The molecule has 0 saturated heterocycles. The third-order valence-corrected chi connectivity index (χ3v) is 4.54. The summed E-state index contributed by atoms with van der Waals surface area (Å²) in [6, 6.07) is 9.56. The van der Waals surface area contributed by atoms with Gasteiger partial charge in [-0.05, 0) is 46.3 Å². The Labute approximate surface area is 123 Å². The molecule has 2 heterocycles. The number of nitrogen functional groups attached to an aromatic ring is 1. The summed E-state index contributed by atoms with van der Waals surface area (Å²) in [6.45, 7) is 0. The Morgan fingerprint density at radius 1 is 1.32 bits per heavy atom. The van der Waals surface area contributed by atoms with Gasteiger partial charge < -0.3 is 10.7 Å². The molecule has 0 aliphatic heterocycles. The molecule has 6 heteroatoms. The van der Waals surface area contributed by atoms with E-state index in [0.717, 1.165) is 37.8 Å². The molecule has 3 aromatic rings. The Balaban J connectivity index is 1.80. The molecule has 0 bridgehead atoms. The number of aromatic amines is 1. The van der Waals surface area contributed by atoms with E-state index in [9.17, 15) is 0 Å². The van der Waals surface area contributed by atoms with Gasteiger partial charge >= 0.3 is 0 Å². The highest BCUT2D eigenvalue weighted by atomic mass is 79.9. The van der Waals surface area contributed by atoms with Crippen molar-refractivity contribution < 1.29 is 0 Å². The van der Waals surface area contributed by atoms with Crippen molar-refractivity contribution in [2.75, 3.05) is 5.73 Å². The first kappa shape index (κ1) is 12.5. The topological polar surface area (TPSA) is 67.6 Å². The number of halogens is 1. The van der Waals surface area contributed by atoms with E-state index in [1.165, 1.54) is 0 Å². The van der Waals surface area contributed by atoms with Crippen LogP contribution in [0.5, 0.6) is 0 Å². The van der Waals surface area contributed by atoms with Gasteiger partial charge in [-0.15, -0.1) is 0 Å². The second-order valence-corrected chi connectivity index (χ2v) is 5.86. The molecule has 19 heavy (non-hydrogen) atoms. The minimum atomic E-state index is 0.739. The SMILES string of the molecule is Nc1ccc2nc(CSc3ncccc3Br)[nH]c2c1. The van der Waals surface area contributed by atoms with Crippen LogP contribution in [0.15, 0.2) is 46.0 Å². The highest BCUT2D eigenvalue weighted by Crippen LogP contribution is 2.27. The fourth-order valence-electron chi connectivity index (χ4n) is 1.76. The lowest BCUT2D eigenvalue weighted by Gasteiger charge is -2.00. The van der Waals surface area contributed by atoms with E-state index in [2.05, 4.69) is 30.9 Å². The van der Waals surface area contributed by atoms with E-state index in [-0.39, 0.29) is 0 Å². The van der Waals surface area contributed by atoms with E-state index in [4.69, 9.17) is 5.73 Å². The van der Waals surface area contributed by atoms with Crippen LogP contribution in [0.1, 0.15) is 5.82 Å². The summed E-state index contributed by atoms with van der Waals surface area (Å²) in [6.07, 6.45) is 1.78. The maximum atomic E-state index is 5.75. The van der Waals surface area contributed by atoms with Crippen LogP contribution in [0.3, 0.4) is 0 Å². The summed E-state index contributed by atoms with van der Waals surface area (Å²) in [5, 5.41) is 0.961. The molecule has 3 rings (SSSR count). The summed E-state index contributed by atoms with van der Waals surface area (Å²) >= 11 is 5.12. The Hall–Kier alpha value is -1.53. The van der Waals surface area contributed by atoms with Crippen LogP contribution in [-0.2, 0) is 5.75 Å². The molecule has 0 unspecified atom stereocenters. The molecule has 0 fully saturated rings. The lowest BCUT2D eigenvalue weighted by Crippen LogP contribution is -1.86. The number of benzene rings is 1. The third-order valence-electron chi connectivity index (χ3n) is 2.63. The number of nitrogens with zero attached hydrogens (tertiary/aromatic N) is 2. The first-order valence-electron chi connectivity index (χ1n) is 5.70. The van der Waals surface area contributed by atoms with Crippen LogP contribution in [0.25, 0.3) is 11.0 Å². The van der Waals surface area contributed by atoms with E-state index in [1.54, 1.807) is 18.0 Å². The smallest absolute Gasteiger partial charge is 0.117 e. The standard InChI is InChI=1S/C13H11BrN4S/c14-9-2-1-5-16-13(9)19-7-12-17-10-4-3-8(15)6-11(10)18-12/h1-6H,7,15H2,(H,17,18). The van der Waals surface area contributed by atoms with Gasteiger partial charge in [-0.1, -0.05) is 11.8 Å². The molecule has 0 aliphatic rings. The van der Waals surface area contributed by atoms with Gasteiger partial charge in [0.05, 0.1) is 16.8 Å². The molecule has 1 aromatic carbocycles. The quantitative estimate of drug-likeness (QED) is 0.567. The second-order valence-electron chi connectivity index (χ2n) is 4.04. The van der Waals surface area contributed by atoms with Gasteiger partial charge in [-0.2, -0.15) is 0 Å². The first-order chi connectivity index (χ1) is 9.22. The van der Waals surface area contributed by atoms with Crippen LogP contribution in [0.4, 0.5) is 5.69 Å². The van der Waals surface area contributed by atoms with Crippen molar-refractivity contribution >= 4 is 44.4 Å². The van der Waals surface area contributed by atoms with E-state index < -0.39 is 0 Å². The van der Waals surface area contributed by atoms with Crippen molar-refractivity contribution in [3.63, 3.8) is 0 Å². The molecule has 2 aromatic heterocycles. The number of aromatic nitrogens is 3. The van der Waals surface area contributed by atoms with Gasteiger partial charge in [0.2, 0.25) is 0 Å². The van der Waals surface area contributed by atoms with Crippen LogP contribution in [0, 0.1) is 0 Å². The molecule has 0 saturated carbocycles. The zero-order valence-electron chi connectivity index (χ0n) is 9.93. The molecule has 96 valence electrons. The number of nitrogens with two attached hydrogens (primary N) is 1. The Morgan fingerprint density at radius 3 is 3.05 bits per heavy atom. The minimum absolute atomic E-state index is 0.739. The molecule has 0 aliphatic carbocycles. The average Bonchev–Trinajstić information content (AvgIpc) is 2.79. The molecule has 0 radical (unpaired) electrons. The van der Waals surface area contributed by atoms with Crippen LogP contribution < -0.4 is 5.73 Å². The minimum Gasteiger partial charge on any atom is -0.399 e. The number of imidazole rings is 1. The predicted octanol–water partition coefficient (Wildman–Crippen LogP) is 3.59. The molecular weight excluding hydrogens is 324 g/mol. The molecular formula is C13H11BrN4S. The highest BCUT2D eigenvalue weighted by molar-refractivity contribution is 9.10. The average molecular weight is 335 g/mol. The summed E-state index contributed by atoms with van der Waals surface area (Å²) in [7, 11) is 0. The summed E-state index contributed by atoms with van der Waals surface area (Å²) < 4.78 is 1.00. The number of nitrogens with one attached hydrogen (secondary N) is 1. The van der Waals surface area contributed by atoms with Crippen molar-refractivity contribution in [1.82, 2.24) is 15.0 Å². The number of hydrogen-bond donors (Lipinski definition) is 2. The van der Waals surface area contributed by atoms with Crippen molar-refractivity contribution in [1.29, 1.82) is 0 Å². The number of fused-ring (bicyclic) bond motifs is 1. The molecule has 3 N–H and O–H groups in total. The van der Waals surface area contributed by atoms with Crippen LogP contribution in [0.2, 0.25) is 0 Å². The maximum Gasteiger partial charge on any atom is 0.117 e. The molecule has 4 nitrogen and oxygen atoms in total. The Kier molecular flexibility index (Phi) is 3.44. The lowest BCUT2D eigenvalue weighted by molar-refractivity contribution is 1.09. The van der Waals surface area contributed by atoms with Crippen molar-refractivity contribution in [3.8, 4) is 0 Å². The zero-order valence-corrected chi connectivity index (χ0v) is 12.3. The normalized spacial score (nSPS) is 11.0. The molecule has 0 amide bonds. The zero-order chi connectivity index (χ0) is 13.2. The Morgan fingerprint density at radius 2 is 2.21 bits per heavy atom. The van der Waals surface area contributed by atoms with E-state index in [0.29, 0.717) is 0 Å². The summed E-state index contributed by atoms with van der Waals surface area (Å²) in [5.41, 5.74) is 8.39. The van der Waals surface area contributed by atoms with Gasteiger partial charge in [-0.3, -0.25) is 0 Å². The fourth-order valence-corrected chi connectivity index (χ4v) is 3.11. The van der Waals surface area contributed by atoms with Crippen molar-refractivity contribution in [2.45, 2.75) is 10.8 Å². The van der Waals surface area contributed by atoms with E-state index in [1.807, 2.05) is 30.3 Å². The van der Waals surface area contributed by atoms with Crippen LogP contribution >= 0.6 is 27.7 Å². The number of H-pyrrole nitrogens is 1. The van der Waals surface area contributed by atoms with Crippen LogP contribution in [-0.4, -0.2) is 15.0 Å². The molecule has 0 atom stereocenters. The second kappa shape index (κ2) is 5.22. The number of hydrogen-bond acceptors (Lipinski definition) is 4. The number of thioether (sulfide) groups is 1. The predicted molar refractivity (Wildman–Crippen MR) is 82.0 cm³/mol. The summed E-state index contributed by atoms with van der Waals surface area (Å²) in [4.78, 5) is 12.1. The fraction of sp³-hybridized carbons (Fsp3) is 0.0769.